The summed E-state index contributed by atoms with van der Waals surface area (Å²) in [4.78, 5) is 11.3. The predicted octanol–water partition coefficient (Wildman–Crippen LogP) is 1.42. The topological polar surface area (TPSA) is 66.8 Å². The Morgan fingerprint density at radius 2 is 2.07 bits per heavy atom. The van der Waals surface area contributed by atoms with E-state index in [2.05, 4.69) is 0 Å². The number of hydrogen-bond acceptors (Lipinski definition) is 3. The maximum Gasteiger partial charge on any atom is 0.312 e. The zero-order valence-electron chi connectivity index (χ0n) is 9.40. The van der Waals surface area contributed by atoms with Gasteiger partial charge in [-0.05, 0) is 39.5 Å². The Labute approximate surface area is 90.2 Å². The van der Waals surface area contributed by atoms with Crippen molar-refractivity contribution in [2.45, 2.75) is 51.7 Å². The molecule has 1 saturated carbocycles. The molecule has 0 aromatic heterocycles. The lowest BCUT2D eigenvalue weighted by Crippen LogP contribution is -2.46. The van der Waals surface area contributed by atoms with E-state index in [9.17, 15) is 15.0 Å². The van der Waals surface area contributed by atoms with Crippen molar-refractivity contribution in [3.63, 3.8) is 0 Å². The molecule has 88 valence electrons. The average Bonchev–Trinajstić information content (AvgIpc) is 2.19. The van der Waals surface area contributed by atoms with Crippen molar-refractivity contribution in [2.75, 3.05) is 6.61 Å². The third-order valence-corrected chi connectivity index (χ3v) is 3.47. The van der Waals surface area contributed by atoms with Gasteiger partial charge >= 0.3 is 5.97 Å². The Bertz CT molecular complexity index is 219. The van der Waals surface area contributed by atoms with Gasteiger partial charge in [0.05, 0.1) is 17.6 Å². The number of carbonyl (C=O) groups is 1. The maximum atomic E-state index is 11.3. The van der Waals surface area contributed by atoms with Gasteiger partial charge in [0, 0.05) is 6.61 Å². The molecule has 1 fully saturated rings. The van der Waals surface area contributed by atoms with E-state index in [1.165, 1.54) is 0 Å². The van der Waals surface area contributed by atoms with Crippen molar-refractivity contribution in [3.05, 3.63) is 0 Å². The molecular weight excluding hydrogens is 196 g/mol. The molecule has 0 aromatic rings. The minimum atomic E-state index is -0.796. The molecule has 2 N–H and O–H groups in total. The second-order valence-corrected chi connectivity index (χ2v) is 4.29. The summed E-state index contributed by atoms with van der Waals surface area (Å²) in [6.45, 7) is 4.21. The molecule has 0 aromatic carbocycles. The highest BCUT2D eigenvalue weighted by Gasteiger charge is 2.46. The molecule has 4 nitrogen and oxygen atoms in total. The first kappa shape index (κ1) is 12.5. The van der Waals surface area contributed by atoms with Gasteiger partial charge in [-0.3, -0.25) is 4.79 Å². The van der Waals surface area contributed by atoms with Crippen LogP contribution in [0.2, 0.25) is 0 Å². The minimum absolute atomic E-state index is 0.285. The third kappa shape index (κ3) is 2.49. The summed E-state index contributed by atoms with van der Waals surface area (Å²) in [5, 5.41) is 18.7. The number of hydrogen-bond donors (Lipinski definition) is 2. The molecule has 0 amide bonds. The number of aliphatic hydroxyl groups is 1. The van der Waals surface area contributed by atoms with E-state index in [4.69, 9.17) is 4.74 Å². The van der Waals surface area contributed by atoms with E-state index >= 15 is 0 Å². The fourth-order valence-electron chi connectivity index (χ4n) is 2.32. The van der Waals surface area contributed by atoms with Gasteiger partial charge < -0.3 is 14.9 Å². The lowest BCUT2D eigenvalue weighted by Gasteiger charge is -2.39. The quantitative estimate of drug-likeness (QED) is 0.745. The molecule has 1 aliphatic rings. The molecule has 1 atom stereocenters. The van der Waals surface area contributed by atoms with Crippen LogP contribution in [0.25, 0.3) is 0 Å². The predicted molar refractivity (Wildman–Crippen MR) is 55.6 cm³/mol. The molecule has 15 heavy (non-hydrogen) atoms. The van der Waals surface area contributed by atoms with Gasteiger partial charge in [0.15, 0.2) is 0 Å². The number of carboxylic acid groups (broad SMARTS) is 1. The number of carboxylic acids is 1. The lowest BCUT2D eigenvalue weighted by atomic mass is 9.70. The number of rotatable bonds is 4. The zero-order valence-corrected chi connectivity index (χ0v) is 9.40. The van der Waals surface area contributed by atoms with Crippen molar-refractivity contribution in [2.24, 2.45) is 5.41 Å². The lowest BCUT2D eigenvalue weighted by molar-refractivity contribution is -0.164. The highest BCUT2D eigenvalue weighted by atomic mass is 16.5. The Morgan fingerprint density at radius 3 is 2.47 bits per heavy atom. The summed E-state index contributed by atoms with van der Waals surface area (Å²) in [5.41, 5.74) is -0.796. The first-order valence-electron chi connectivity index (χ1n) is 5.56. The van der Waals surface area contributed by atoms with E-state index in [1.807, 2.05) is 13.8 Å². The minimum Gasteiger partial charge on any atom is -0.481 e. The maximum absolute atomic E-state index is 11.3. The molecule has 1 aliphatic carbocycles. The molecule has 1 rings (SSSR count). The van der Waals surface area contributed by atoms with Gasteiger partial charge in [0.1, 0.15) is 0 Å². The molecule has 0 saturated heterocycles. The molecular formula is C11H20O4. The van der Waals surface area contributed by atoms with Crippen LogP contribution in [0.1, 0.15) is 39.5 Å². The number of ether oxygens (including phenoxy) is 1. The van der Waals surface area contributed by atoms with Gasteiger partial charge in [-0.2, -0.15) is 0 Å². The Balaban J connectivity index is 2.75. The van der Waals surface area contributed by atoms with E-state index in [0.717, 1.165) is 0 Å². The summed E-state index contributed by atoms with van der Waals surface area (Å²) >= 11 is 0. The van der Waals surface area contributed by atoms with Gasteiger partial charge in [-0.25, -0.2) is 0 Å². The molecule has 0 aliphatic heterocycles. The normalized spacial score (nSPS) is 33.7. The SMILES string of the molecule is CCOC(C)C1(C(=O)O)CCC(O)CC1. The fraction of sp³-hybridized carbons (Fsp3) is 0.909. The first-order valence-corrected chi connectivity index (χ1v) is 5.56. The van der Waals surface area contributed by atoms with Crippen LogP contribution in [0.5, 0.6) is 0 Å². The van der Waals surface area contributed by atoms with Crippen LogP contribution >= 0.6 is 0 Å². The fourth-order valence-corrected chi connectivity index (χ4v) is 2.32. The van der Waals surface area contributed by atoms with Gasteiger partial charge in [-0.15, -0.1) is 0 Å². The number of aliphatic carboxylic acids is 1. The first-order chi connectivity index (χ1) is 7.03. The Hall–Kier alpha value is -0.610. The number of aliphatic hydroxyl groups excluding tert-OH is 1. The summed E-state index contributed by atoms with van der Waals surface area (Å²) in [5.74, 6) is -0.796. The zero-order chi connectivity index (χ0) is 11.5. The summed E-state index contributed by atoms with van der Waals surface area (Å²) in [6.07, 6.45) is 1.50. The van der Waals surface area contributed by atoms with Crippen LogP contribution in [0.3, 0.4) is 0 Å². The van der Waals surface area contributed by atoms with E-state index in [1.54, 1.807) is 0 Å². The van der Waals surface area contributed by atoms with Crippen molar-refractivity contribution >= 4 is 5.97 Å². The summed E-state index contributed by atoms with van der Waals surface area (Å²) in [6, 6.07) is 0. The monoisotopic (exact) mass is 216 g/mol. The smallest absolute Gasteiger partial charge is 0.312 e. The third-order valence-electron chi connectivity index (χ3n) is 3.47. The Morgan fingerprint density at radius 1 is 1.53 bits per heavy atom. The molecule has 0 radical (unpaired) electrons. The van der Waals surface area contributed by atoms with Crippen molar-refractivity contribution in [1.29, 1.82) is 0 Å². The molecule has 0 spiro atoms. The second-order valence-electron chi connectivity index (χ2n) is 4.29. The highest BCUT2D eigenvalue weighted by Crippen LogP contribution is 2.40. The average molecular weight is 216 g/mol. The molecule has 4 heteroatoms. The second kappa shape index (κ2) is 4.94. The van der Waals surface area contributed by atoms with Crippen LogP contribution in [-0.4, -0.2) is 35.0 Å². The highest BCUT2D eigenvalue weighted by molar-refractivity contribution is 5.75. The van der Waals surface area contributed by atoms with Crippen LogP contribution in [0.15, 0.2) is 0 Å². The van der Waals surface area contributed by atoms with Crippen LogP contribution in [0, 0.1) is 5.41 Å². The van der Waals surface area contributed by atoms with Gasteiger partial charge in [0.2, 0.25) is 0 Å². The largest absolute Gasteiger partial charge is 0.481 e. The van der Waals surface area contributed by atoms with E-state index in [0.29, 0.717) is 32.3 Å². The van der Waals surface area contributed by atoms with Crippen molar-refractivity contribution in [3.8, 4) is 0 Å². The van der Waals surface area contributed by atoms with E-state index < -0.39 is 11.4 Å². The van der Waals surface area contributed by atoms with Crippen LogP contribution in [0.4, 0.5) is 0 Å². The van der Waals surface area contributed by atoms with Crippen LogP contribution < -0.4 is 0 Å². The van der Waals surface area contributed by atoms with Crippen molar-refractivity contribution < 1.29 is 19.7 Å². The Kier molecular flexibility index (Phi) is 4.11. The summed E-state index contributed by atoms with van der Waals surface area (Å²) in [7, 11) is 0. The van der Waals surface area contributed by atoms with Crippen molar-refractivity contribution in [1.82, 2.24) is 0 Å². The standard InChI is InChI=1S/C11H20O4/c1-3-15-8(2)11(10(13)14)6-4-9(12)5-7-11/h8-9,12H,3-7H2,1-2H3,(H,13,14). The van der Waals surface area contributed by atoms with E-state index in [-0.39, 0.29) is 12.2 Å². The van der Waals surface area contributed by atoms with Gasteiger partial charge in [-0.1, -0.05) is 0 Å². The molecule has 0 bridgehead atoms. The molecule has 0 heterocycles. The van der Waals surface area contributed by atoms with Crippen LogP contribution in [-0.2, 0) is 9.53 Å². The van der Waals surface area contributed by atoms with Gasteiger partial charge in [0.25, 0.3) is 0 Å². The molecule has 1 unspecified atom stereocenters. The summed E-state index contributed by atoms with van der Waals surface area (Å²) < 4.78 is 5.42.